The lowest BCUT2D eigenvalue weighted by Gasteiger charge is -2.29. The fourth-order valence-electron chi connectivity index (χ4n) is 4.41. The summed E-state index contributed by atoms with van der Waals surface area (Å²) in [6.45, 7) is 4.28. The van der Waals surface area contributed by atoms with Crippen LogP contribution >= 0.6 is 0 Å². The van der Waals surface area contributed by atoms with Crippen LogP contribution in [0, 0.1) is 0 Å². The largest absolute Gasteiger partial charge is 0.322 e. The predicted octanol–water partition coefficient (Wildman–Crippen LogP) is 0.678. The van der Waals surface area contributed by atoms with E-state index in [-0.39, 0.29) is 24.1 Å². The average Bonchev–Trinajstić information content (AvgIpc) is 2.97. The minimum absolute atomic E-state index is 0.101. The van der Waals surface area contributed by atoms with Crippen molar-refractivity contribution in [3.05, 3.63) is 34.9 Å². The highest BCUT2D eigenvalue weighted by Gasteiger charge is 2.39. The third kappa shape index (κ3) is 3.61. The quantitative estimate of drug-likeness (QED) is 0.678. The normalized spacial score (nSPS) is 28.3. The van der Waals surface area contributed by atoms with Crippen molar-refractivity contribution in [2.45, 2.75) is 63.8 Å². The third-order valence-electron chi connectivity index (χ3n) is 5.84. The molecule has 144 valence electrons. The smallest absolute Gasteiger partial charge is 0.255 e. The van der Waals surface area contributed by atoms with Gasteiger partial charge in [-0.05, 0) is 43.9 Å². The molecule has 2 fully saturated rings. The SMILES string of the molecule is CC1CC(NCc2cccc3c2C(=O)N(C2CCC(=O)NC2=O)C3)CCN1. The average molecular weight is 370 g/mol. The lowest BCUT2D eigenvalue weighted by Crippen LogP contribution is -2.52. The van der Waals surface area contributed by atoms with Gasteiger partial charge in [0, 0.05) is 37.2 Å². The van der Waals surface area contributed by atoms with Crippen molar-refractivity contribution >= 4 is 17.7 Å². The van der Waals surface area contributed by atoms with Gasteiger partial charge in [0.15, 0.2) is 0 Å². The number of rotatable bonds is 4. The Morgan fingerprint density at radius 1 is 1.22 bits per heavy atom. The number of fused-ring (bicyclic) bond motifs is 1. The Hall–Kier alpha value is -2.25. The number of hydrogen-bond donors (Lipinski definition) is 3. The van der Waals surface area contributed by atoms with E-state index in [0.717, 1.165) is 36.1 Å². The van der Waals surface area contributed by atoms with Crippen LogP contribution in [0.5, 0.6) is 0 Å². The molecule has 7 nitrogen and oxygen atoms in total. The Morgan fingerprint density at radius 3 is 2.85 bits per heavy atom. The van der Waals surface area contributed by atoms with Crippen LogP contribution in [-0.4, -0.2) is 47.3 Å². The van der Waals surface area contributed by atoms with Crippen molar-refractivity contribution in [2.75, 3.05) is 6.54 Å². The van der Waals surface area contributed by atoms with E-state index in [1.807, 2.05) is 18.2 Å². The minimum Gasteiger partial charge on any atom is -0.322 e. The summed E-state index contributed by atoms with van der Waals surface area (Å²) in [5, 5.41) is 9.39. The Kier molecular flexibility index (Phi) is 4.97. The lowest BCUT2D eigenvalue weighted by molar-refractivity contribution is -0.136. The molecule has 0 aliphatic carbocycles. The van der Waals surface area contributed by atoms with Crippen LogP contribution in [0.2, 0.25) is 0 Å². The number of piperidine rings is 2. The van der Waals surface area contributed by atoms with Gasteiger partial charge in [0.1, 0.15) is 6.04 Å². The van der Waals surface area contributed by atoms with Gasteiger partial charge in [-0.3, -0.25) is 19.7 Å². The summed E-state index contributed by atoms with van der Waals surface area (Å²) < 4.78 is 0. The first-order valence-corrected chi connectivity index (χ1v) is 9.75. The second kappa shape index (κ2) is 7.40. The maximum Gasteiger partial charge on any atom is 0.255 e. The van der Waals surface area contributed by atoms with Gasteiger partial charge in [-0.1, -0.05) is 18.2 Å². The number of amides is 3. The van der Waals surface area contributed by atoms with Crippen molar-refractivity contribution in [3.63, 3.8) is 0 Å². The number of imide groups is 1. The van der Waals surface area contributed by atoms with Gasteiger partial charge in [-0.25, -0.2) is 0 Å². The van der Waals surface area contributed by atoms with Crippen molar-refractivity contribution < 1.29 is 14.4 Å². The maximum absolute atomic E-state index is 13.1. The first-order chi connectivity index (χ1) is 13.0. The summed E-state index contributed by atoms with van der Waals surface area (Å²) in [5.41, 5.74) is 2.66. The van der Waals surface area contributed by atoms with Gasteiger partial charge in [0.05, 0.1) is 0 Å². The molecule has 0 spiro atoms. The van der Waals surface area contributed by atoms with Gasteiger partial charge >= 0.3 is 0 Å². The summed E-state index contributed by atoms with van der Waals surface area (Å²) in [7, 11) is 0. The fraction of sp³-hybridized carbons (Fsp3) is 0.550. The van der Waals surface area contributed by atoms with Crippen LogP contribution in [0.3, 0.4) is 0 Å². The highest BCUT2D eigenvalue weighted by Crippen LogP contribution is 2.30. The lowest BCUT2D eigenvalue weighted by atomic mass is 9.99. The van der Waals surface area contributed by atoms with Crippen LogP contribution in [0.4, 0.5) is 0 Å². The first-order valence-electron chi connectivity index (χ1n) is 9.75. The van der Waals surface area contributed by atoms with Gasteiger partial charge < -0.3 is 15.5 Å². The fourth-order valence-corrected chi connectivity index (χ4v) is 4.41. The molecule has 2 saturated heterocycles. The zero-order valence-electron chi connectivity index (χ0n) is 15.6. The molecule has 3 atom stereocenters. The van der Waals surface area contributed by atoms with Crippen LogP contribution in [0.15, 0.2) is 18.2 Å². The molecule has 1 aromatic carbocycles. The molecule has 0 radical (unpaired) electrons. The molecular weight excluding hydrogens is 344 g/mol. The van der Waals surface area contributed by atoms with Crippen molar-refractivity contribution in [1.29, 1.82) is 0 Å². The number of nitrogens with zero attached hydrogens (tertiary/aromatic N) is 1. The van der Waals surface area contributed by atoms with Crippen LogP contribution < -0.4 is 16.0 Å². The standard InChI is InChI=1S/C20H26N4O3/c1-12-9-15(7-8-21-12)22-10-13-3-2-4-14-11-24(20(27)18(13)14)16-5-6-17(25)23-19(16)26/h2-4,12,15-16,21-22H,5-11H2,1H3,(H,23,25,26). The van der Waals surface area contributed by atoms with E-state index in [4.69, 9.17) is 0 Å². The van der Waals surface area contributed by atoms with E-state index in [1.165, 1.54) is 0 Å². The van der Waals surface area contributed by atoms with Gasteiger partial charge in [-0.2, -0.15) is 0 Å². The second-order valence-corrected chi connectivity index (χ2v) is 7.81. The second-order valence-electron chi connectivity index (χ2n) is 7.81. The molecule has 4 rings (SSSR count). The van der Waals surface area contributed by atoms with Crippen LogP contribution in [0.25, 0.3) is 0 Å². The molecule has 3 amide bonds. The molecular formula is C20H26N4O3. The minimum atomic E-state index is -0.561. The number of carbonyl (C=O) groups is 3. The van der Waals surface area contributed by atoms with E-state index in [2.05, 4.69) is 22.9 Å². The van der Waals surface area contributed by atoms with E-state index >= 15 is 0 Å². The zero-order chi connectivity index (χ0) is 19.0. The molecule has 3 unspecified atom stereocenters. The van der Waals surface area contributed by atoms with E-state index in [0.29, 0.717) is 31.6 Å². The molecule has 0 saturated carbocycles. The molecule has 0 aromatic heterocycles. The number of benzene rings is 1. The van der Waals surface area contributed by atoms with Gasteiger partial charge in [0.2, 0.25) is 11.8 Å². The summed E-state index contributed by atoms with van der Waals surface area (Å²) in [5.74, 6) is -0.729. The Bertz CT molecular complexity index is 778. The molecule has 7 heteroatoms. The van der Waals surface area contributed by atoms with Crippen molar-refractivity contribution in [1.82, 2.24) is 20.9 Å². The van der Waals surface area contributed by atoms with Gasteiger partial charge in [0.25, 0.3) is 5.91 Å². The zero-order valence-corrected chi connectivity index (χ0v) is 15.6. The van der Waals surface area contributed by atoms with E-state index < -0.39 is 6.04 Å². The highest BCUT2D eigenvalue weighted by atomic mass is 16.2. The van der Waals surface area contributed by atoms with Crippen molar-refractivity contribution in [2.24, 2.45) is 0 Å². The number of hydrogen-bond acceptors (Lipinski definition) is 5. The van der Waals surface area contributed by atoms with Crippen molar-refractivity contribution in [3.8, 4) is 0 Å². The molecule has 3 aliphatic rings. The highest BCUT2D eigenvalue weighted by molar-refractivity contribution is 6.05. The summed E-state index contributed by atoms with van der Waals surface area (Å²) in [6, 6.07) is 6.30. The molecule has 27 heavy (non-hydrogen) atoms. The van der Waals surface area contributed by atoms with E-state index in [9.17, 15) is 14.4 Å². The van der Waals surface area contributed by atoms with Crippen LogP contribution in [0.1, 0.15) is 54.1 Å². The predicted molar refractivity (Wildman–Crippen MR) is 99.8 cm³/mol. The Morgan fingerprint density at radius 2 is 2.07 bits per heavy atom. The third-order valence-corrected chi connectivity index (χ3v) is 5.84. The summed E-state index contributed by atoms with van der Waals surface area (Å²) in [6.07, 6.45) is 2.82. The topological polar surface area (TPSA) is 90.5 Å². The molecule has 3 aliphatic heterocycles. The molecule has 3 heterocycles. The number of carbonyl (C=O) groups excluding carboxylic acids is 3. The first kappa shape index (κ1) is 18.1. The maximum atomic E-state index is 13.1. The Labute approximate surface area is 158 Å². The summed E-state index contributed by atoms with van der Waals surface area (Å²) in [4.78, 5) is 38.3. The van der Waals surface area contributed by atoms with Gasteiger partial charge in [-0.15, -0.1) is 0 Å². The Balaban J connectivity index is 1.48. The molecule has 0 bridgehead atoms. The monoisotopic (exact) mass is 370 g/mol. The molecule has 3 N–H and O–H groups in total. The number of nitrogens with one attached hydrogen (secondary N) is 3. The van der Waals surface area contributed by atoms with E-state index in [1.54, 1.807) is 4.90 Å². The summed E-state index contributed by atoms with van der Waals surface area (Å²) >= 11 is 0. The van der Waals surface area contributed by atoms with Crippen LogP contribution in [-0.2, 0) is 22.7 Å². The molecule has 1 aromatic rings.